The highest BCUT2D eigenvalue weighted by Gasteiger charge is 2.81. The van der Waals surface area contributed by atoms with Crippen LogP contribution >= 0.6 is 0 Å². The van der Waals surface area contributed by atoms with Crippen LogP contribution in [0, 0.1) is 5.92 Å². The molecule has 2 saturated heterocycles. The molecule has 2 spiro atoms. The number of ether oxygens (including phenoxy) is 1. The topological polar surface area (TPSA) is 87.7 Å². The number of carbonyl (C=O) groups excluding carboxylic acids is 3. The van der Waals surface area contributed by atoms with E-state index in [1.165, 1.54) is 0 Å². The van der Waals surface area contributed by atoms with Crippen molar-refractivity contribution in [2.75, 3.05) is 24.3 Å². The fourth-order valence-corrected chi connectivity index (χ4v) is 7.92. The smallest absolute Gasteiger partial charge is 0.251 e. The van der Waals surface area contributed by atoms with Gasteiger partial charge >= 0.3 is 0 Å². The molecule has 2 fully saturated rings. The highest BCUT2D eigenvalue weighted by molar-refractivity contribution is 6.21. The Bertz CT molecular complexity index is 1530. The minimum Gasteiger partial charge on any atom is -0.497 e. The first kappa shape index (κ1) is 23.2. The molecule has 0 saturated carbocycles. The fourth-order valence-electron chi connectivity index (χ4n) is 7.92. The van der Waals surface area contributed by atoms with Crippen LogP contribution in [0.4, 0.5) is 11.4 Å². The Balaban J connectivity index is 1.58. The lowest BCUT2D eigenvalue weighted by Crippen LogP contribution is -2.62. The monoisotopic (exact) mass is 507 g/mol. The number of aryl methyl sites for hydroxylation is 1. The van der Waals surface area contributed by atoms with Gasteiger partial charge in [0.05, 0.1) is 13.0 Å². The van der Waals surface area contributed by atoms with E-state index in [-0.39, 0.29) is 23.6 Å². The molecule has 7 heteroatoms. The summed E-state index contributed by atoms with van der Waals surface area (Å²) < 4.78 is 5.42. The quantitative estimate of drug-likeness (QED) is 0.515. The van der Waals surface area contributed by atoms with Gasteiger partial charge in [-0.05, 0) is 55.1 Å². The number of Topliss-reactive ketones (excluding diaryl/α,β-unsaturated/α-hetero) is 1. The van der Waals surface area contributed by atoms with Crippen LogP contribution in [-0.4, -0.2) is 42.2 Å². The average Bonchev–Trinajstić information content (AvgIpc) is 3.66. The van der Waals surface area contributed by atoms with E-state index < -0.39 is 16.9 Å². The fraction of sp³-hybridized carbons (Fsp3) is 0.323. The molecule has 4 heterocycles. The minimum atomic E-state index is -1.43. The molecule has 7 nitrogen and oxygen atoms in total. The summed E-state index contributed by atoms with van der Waals surface area (Å²) in [5.41, 5.74) is 1.67. The Morgan fingerprint density at radius 3 is 2.61 bits per heavy atom. The molecule has 0 radical (unpaired) electrons. The van der Waals surface area contributed by atoms with Gasteiger partial charge in [-0.15, -0.1) is 0 Å². The number of carbonyl (C=O) groups is 3. The number of nitrogens with zero attached hydrogens (tertiary/aromatic N) is 1. The van der Waals surface area contributed by atoms with E-state index >= 15 is 0 Å². The largest absolute Gasteiger partial charge is 0.497 e. The lowest BCUT2D eigenvalue weighted by atomic mass is 9.57. The zero-order valence-corrected chi connectivity index (χ0v) is 21.4. The molecular formula is C31H29N3O4. The van der Waals surface area contributed by atoms with Crippen molar-refractivity contribution in [1.29, 1.82) is 0 Å². The Labute approximate surface area is 221 Å². The van der Waals surface area contributed by atoms with Gasteiger partial charge in [-0.1, -0.05) is 55.5 Å². The van der Waals surface area contributed by atoms with Crippen molar-refractivity contribution >= 4 is 29.0 Å². The third kappa shape index (κ3) is 2.55. The molecule has 3 aromatic rings. The van der Waals surface area contributed by atoms with Crippen LogP contribution in [0.2, 0.25) is 0 Å². The highest BCUT2D eigenvalue weighted by atomic mass is 16.5. The predicted molar refractivity (Wildman–Crippen MR) is 143 cm³/mol. The van der Waals surface area contributed by atoms with Crippen molar-refractivity contribution in [3.05, 3.63) is 89.0 Å². The van der Waals surface area contributed by atoms with Gasteiger partial charge in [0.1, 0.15) is 16.7 Å². The van der Waals surface area contributed by atoms with Crippen LogP contribution in [0.1, 0.15) is 46.8 Å². The van der Waals surface area contributed by atoms with E-state index in [9.17, 15) is 14.4 Å². The van der Waals surface area contributed by atoms with Crippen molar-refractivity contribution in [3.63, 3.8) is 0 Å². The SMILES string of the molecule is CCc1cccc2c1NC(=O)C21N2CCCC2C(C(=O)c2cccc(OC)c2)C12C(=O)Nc1ccccc12. The van der Waals surface area contributed by atoms with Crippen LogP contribution < -0.4 is 15.4 Å². The summed E-state index contributed by atoms with van der Waals surface area (Å²) in [5.74, 6) is -0.846. The second-order valence-electron chi connectivity index (χ2n) is 10.6. The number of benzene rings is 3. The van der Waals surface area contributed by atoms with E-state index in [2.05, 4.69) is 22.5 Å². The van der Waals surface area contributed by atoms with E-state index in [4.69, 9.17) is 4.74 Å². The highest BCUT2D eigenvalue weighted by Crippen LogP contribution is 2.68. The molecule has 4 aliphatic heterocycles. The molecular weight excluding hydrogens is 478 g/mol. The number of fused-ring (bicyclic) bond motifs is 7. The Morgan fingerprint density at radius 2 is 1.79 bits per heavy atom. The normalized spacial score (nSPS) is 28.8. The predicted octanol–water partition coefficient (Wildman–Crippen LogP) is 4.27. The first-order valence-electron chi connectivity index (χ1n) is 13.3. The summed E-state index contributed by atoms with van der Waals surface area (Å²) in [4.78, 5) is 45.9. The number of methoxy groups -OCH3 is 1. The van der Waals surface area contributed by atoms with Crippen molar-refractivity contribution in [2.45, 2.75) is 43.2 Å². The zero-order valence-electron chi connectivity index (χ0n) is 21.4. The Kier molecular flexibility index (Phi) is 4.89. The van der Waals surface area contributed by atoms with E-state index in [1.54, 1.807) is 31.4 Å². The number of amides is 2. The van der Waals surface area contributed by atoms with Crippen LogP contribution in [0.3, 0.4) is 0 Å². The Morgan fingerprint density at radius 1 is 1.00 bits per heavy atom. The number of nitrogens with one attached hydrogen (secondary N) is 2. The summed E-state index contributed by atoms with van der Waals surface area (Å²) >= 11 is 0. The summed E-state index contributed by atoms with van der Waals surface area (Å²) in [6.45, 7) is 2.69. The standard InChI is InChI=1S/C31H29N3O4/c1-3-18-9-7-13-22-26(18)33-29(37)31(22)30(21-12-4-5-14-23(21)32-28(30)36)25(24-15-8-16-34(24)31)27(35)19-10-6-11-20(17-19)38-2/h4-7,9-14,17,24-25H,3,8,15-16H2,1-2H3,(H,32,36)(H,33,37). The van der Waals surface area contributed by atoms with Gasteiger partial charge in [0.15, 0.2) is 5.78 Å². The van der Waals surface area contributed by atoms with Gasteiger partial charge in [-0.3, -0.25) is 19.3 Å². The molecule has 192 valence electrons. The second-order valence-corrected chi connectivity index (χ2v) is 10.6. The maximum absolute atomic E-state index is 14.7. The zero-order chi connectivity index (χ0) is 26.2. The third-order valence-corrected chi connectivity index (χ3v) is 9.24. The minimum absolute atomic E-state index is 0.141. The number of para-hydroxylation sites is 2. The van der Waals surface area contributed by atoms with Crippen molar-refractivity contribution in [1.82, 2.24) is 4.90 Å². The van der Waals surface area contributed by atoms with Crippen LogP contribution in [0.25, 0.3) is 0 Å². The van der Waals surface area contributed by atoms with Crippen LogP contribution in [0.5, 0.6) is 5.75 Å². The lowest BCUT2D eigenvalue weighted by molar-refractivity contribution is -0.137. The van der Waals surface area contributed by atoms with Gasteiger partial charge < -0.3 is 15.4 Å². The van der Waals surface area contributed by atoms with Gasteiger partial charge in [0, 0.05) is 28.5 Å². The number of anilines is 2. The van der Waals surface area contributed by atoms with Crippen molar-refractivity contribution in [2.24, 2.45) is 5.92 Å². The van der Waals surface area contributed by atoms with Gasteiger partial charge in [-0.2, -0.15) is 0 Å². The van der Waals surface area contributed by atoms with E-state index in [1.807, 2.05) is 42.5 Å². The van der Waals surface area contributed by atoms with Crippen LogP contribution in [-0.2, 0) is 27.0 Å². The van der Waals surface area contributed by atoms with E-state index in [0.717, 1.165) is 36.1 Å². The molecule has 4 atom stereocenters. The summed E-state index contributed by atoms with van der Waals surface area (Å²) in [7, 11) is 1.57. The molecule has 0 aliphatic carbocycles. The third-order valence-electron chi connectivity index (χ3n) is 9.24. The molecule has 2 amide bonds. The lowest BCUT2D eigenvalue weighted by Gasteiger charge is -2.43. The molecule has 7 rings (SSSR count). The summed E-state index contributed by atoms with van der Waals surface area (Å²) in [6.07, 6.45) is 2.32. The number of ketones is 1. The molecule has 0 aromatic heterocycles. The molecule has 0 bridgehead atoms. The number of rotatable bonds is 4. The maximum atomic E-state index is 14.7. The second kappa shape index (κ2) is 8.01. The average molecular weight is 508 g/mol. The molecule has 4 unspecified atom stereocenters. The van der Waals surface area contributed by atoms with Crippen molar-refractivity contribution in [3.8, 4) is 5.75 Å². The number of hydrogen-bond acceptors (Lipinski definition) is 5. The van der Waals surface area contributed by atoms with Gasteiger partial charge in [0.2, 0.25) is 5.91 Å². The first-order valence-corrected chi connectivity index (χ1v) is 13.3. The van der Waals surface area contributed by atoms with Crippen LogP contribution in [0.15, 0.2) is 66.7 Å². The summed E-state index contributed by atoms with van der Waals surface area (Å²) in [6, 6.07) is 20.3. The van der Waals surface area contributed by atoms with E-state index in [0.29, 0.717) is 29.1 Å². The summed E-state index contributed by atoms with van der Waals surface area (Å²) in [5, 5.41) is 6.28. The van der Waals surface area contributed by atoms with Crippen molar-refractivity contribution < 1.29 is 19.1 Å². The molecule has 2 N–H and O–H groups in total. The molecule has 4 aliphatic rings. The molecule has 38 heavy (non-hydrogen) atoms. The first-order chi connectivity index (χ1) is 18.5. The van der Waals surface area contributed by atoms with Gasteiger partial charge in [-0.25, -0.2) is 0 Å². The molecule has 3 aromatic carbocycles. The number of hydrogen-bond donors (Lipinski definition) is 2. The Hall–Kier alpha value is -3.97. The maximum Gasteiger partial charge on any atom is 0.251 e. The van der Waals surface area contributed by atoms with Gasteiger partial charge in [0.25, 0.3) is 5.91 Å².